The first kappa shape index (κ1) is 22.6. The van der Waals surface area contributed by atoms with Crippen molar-refractivity contribution in [2.75, 3.05) is 19.7 Å². The Bertz CT molecular complexity index is 979. The summed E-state index contributed by atoms with van der Waals surface area (Å²) in [5.41, 5.74) is 4.22. The number of aromatic nitrogens is 1. The average molecular weight is 426 g/mol. The second kappa shape index (κ2) is 9.81. The van der Waals surface area contributed by atoms with Crippen molar-refractivity contribution in [3.63, 3.8) is 0 Å². The first-order chi connectivity index (χ1) is 14.8. The quantitative estimate of drug-likeness (QED) is 0.695. The molecule has 1 aromatic carbocycles. The van der Waals surface area contributed by atoms with E-state index in [1.54, 1.807) is 25.7 Å². The maximum absolute atomic E-state index is 13.2. The Morgan fingerprint density at radius 2 is 2.00 bits per heavy atom. The normalized spacial score (nSPS) is 16.1. The summed E-state index contributed by atoms with van der Waals surface area (Å²) < 4.78 is 5.11. The minimum absolute atomic E-state index is 0.0365. The van der Waals surface area contributed by atoms with Crippen LogP contribution in [0.25, 0.3) is 0 Å². The lowest BCUT2D eigenvalue weighted by Crippen LogP contribution is -2.45. The van der Waals surface area contributed by atoms with Crippen LogP contribution in [0.5, 0.6) is 0 Å². The van der Waals surface area contributed by atoms with Crippen molar-refractivity contribution in [2.45, 2.75) is 47.1 Å². The van der Waals surface area contributed by atoms with Crippen LogP contribution in [0.3, 0.4) is 0 Å². The zero-order chi connectivity index (χ0) is 22.5. The molecular weight excluding hydrogens is 394 g/mol. The molecule has 1 aliphatic heterocycles. The standard InChI is InChI=1S/C24H31N3O4/c1-5-31-24(30)20-16(3)21(26-17(20)4)23(29)27-11-7-10-19(14-27)22(28)25-13-18-9-6-8-15(2)12-18/h6,8-9,12,19,26H,5,7,10-11,13-14H2,1-4H3,(H,25,28)/t19-/m0/s1. The van der Waals surface area contributed by atoms with Gasteiger partial charge in [-0.3, -0.25) is 9.59 Å². The number of carbonyl (C=O) groups excluding carboxylic acids is 3. The molecule has 0 aliphatic carbocycles. The number of H-pyrrole nitrogens is 1. The van der Waals surface area contributed by atoms with Crippen LogP contribution in [-0.2, 0) is 16.1 Å². The van der Waals surface area contributed by atoms with Crippen LogP contribution in [0, 0.1) is 26.7 Å². The summed E-state index contributed by atoms with van der Waals surface area (Å²) in [4.78, 5) is 42.9. The van der Waals surface area contributed by atoms with Gasteiger partial charge in [0.15, 0.2) is 0 Å². The lowest BCUT2D eigenvalue weighted by molar-refractivity contribution is -0.126. The maximum atomic E-state index is 13.2. The largest absolute Gasteiger partial charge is 0.462 e. The minimum Gasteiger partial charge on any atom is -0.462 e. The van der Waals surface area contributed by atoms with Crippen LogP contribution in [-0.4, -0.2) is 47.4 Å². The Hall–Kier alpha value is -3.09. The van der Waals surface area contributed by atoms with Crippen molar-refractivity contribution < 1.29 is 19.1 Å². The molecule has 3 rings (SSSR count). The molecule has 7 heteroatoms. The second-order valence-electron chi connectivity index (χ2n) is 8.14. The molecule has 0 radical (unpaired) electrons. The van der Waals surface area contributed by atoms with E-state index in [0.717, 1.165) is 24.0 Å². The zero-order valence-corrected chi connectivity index (χ0v) is 18.7. The number of nitrogens with zero attached hydrogens (tertiary/aromatic N) is 1. The molecule has 1 aliphatic rings. The lowest BCUT2D eigenvalue weighted by Gasteiger charge is -2.32. The SMILES string of the molecule is CCOC(=O)c1c(C)[nH]c(C(=O)N2CCC[C@H](C(=O)NCc3cccc(C)c3)C2)c1C. The highest BCUT2D eigenvalue weighted by Gasteiger charge is 2.31. The van der Waals surface area contributed by atoms with E-state index in [4.69, 9.17) is 4.74 Å². The van der Waals surface area contributed by atoms with Crippen molar-refractivity contribution >= 4 is 17.8 Å². The molecule has 0 spiro atoms. The van der Waals surface area contributed by atoms with Gasteiger partial charge in [0.25, 0.3) is 5.91 Å². The van der Waals surface area contributed by atoms with Crippen molar-refractivity contribution in [1.82, 2.24) is 15.2 Å². The summed E-state index contributed by atoms with van der Waals surface area (Å²) in [6.07, 6.45) is 1.51. The third-order valence-electron chi connectivity index (χ3n) is 5.76. The third-order valence-corrected chi connectivity index (χ3v) is 5.76. The Balaban J connectivity index is 1.66. The van der Waals surface area contributed by atoms with Crippen LogP contribution >= 0.6 is 0 Å². The van der Waals surface area contributed by atoms with E-state index in [-0.39, 0.29) is 24.3 Å². The number of hydrogen-bond acceptors (Lipinski definition) is 4. The molecule has 0 saturated carbocycles. The topological polar surface area (TPSA) is 91.5 Å². The third kappa shape index (κ3) is 5.16. The van der Waals surface area contributed by atoms with Gasteiger partial charge in [0.2, 0.25) is 5.91 Å². The zero-order valence-electron chi connectivity index (χ0n) is 18.7. The highest BCUT2D eigenvalue weighted by Crippen LogP contribution is 2.24. The molecule has 7 nitrogen and oxygen atoms in total. The summed E-state index contributed by atoms with van der Waals surface area (Å²) in [6.45, 7) is 8.98. The summed E-state index contributed by atoms with van der Waals surface area (Å²) in [7, 11) is 0. The fourth-order valence-corrected chi connectivity index (χ4v) is 4.16. The minimum atomic E-state index is -0.431. The molecule has 2 amide bonds. The van der Waals surface area contributed by atoms with Crippen molar-refractivity contribution in [2.24, 2.45) is 5.92 Å². The fourth-order valence-electron chi connectivity index (χ4n) is 4.16. The van der Waals surface area contributed by atoms with E-state index >= 15 is 0 Å². The van der Waals surface area contributed by atoms with Gasteiger partial charge in [-0.05, 0) is 51.7 Å². The molecular formula is C24H31N3O4. The van der Waals surface area contributed by atoms with Crippen LogP contribution < -0.4 is 5.32 Å². The fraction of sp³-hybridized carbons (Fsp3) is 0.458. The van der Waals surface area contributed by atoms with Crippen LogP contribution in [0.4, 0.5) is 0 Å². The van der Waals surface area contributed by atoms with Gasteiger partial charge < -0.3 is 19.9 Å². The number of esters is 1. The first-order valence-corrected chi connectivity index (χ1v) is 10.8. The Labute approximate surface area is 183 Å². The van der Waals surface area contributed by atoms with Gasteiger partial charge in [-0.25, -0.2) is 4.79 Å². The van der Waals surface area contributed by atoms with Gasteiger partial charge in [0.1, 0.15) is 5.69 Å². The Morgan fingerprint density at radius 1 is 1.23 bits per heavy atom. The van der Waals surface area contributed by atoms with Gasteiger partial charge in [-0.15, -0.1) is 0 Å². The molecule has 31 heavy (non-hydrogen) atoms. The molecule has 1 saturated heterocycles. The maximum Gasteiger partial charge on any atom is 0.340 e. The van der Waals surface area contributed by atoms with Gasteiger partial charge in [0, 0.05) is 25.3 Å². The smallest absolute Gasteiger partial charge is 0.340 e. The monoisotopic (exact) mass is 425 g/mol. The summed E-state index contributed by atoms with van der Waals surface area (Å²) >= 11 is 0. The molecule has 0 unspecified atom stereocenters. The van der Waals surface area contributed by atoms with E-state index in [1.165, 1.54) is 0 Å². The van der Waals surface area contributed by atoms with E-state index < -0.39 is 5.97 Å². The van der Waals surface area contributed by atoms with Crippen LogP contribution in [0.15, 0.2) is 24.3 Å². The number of ether oxygens (including phenoxy) is 1. The molecule has 0 bridgehead atoms. The van der Waals surface area contributed by atoms with E-state index in [1.807, 2.05) is 25.1 Å². The number of benzene rings is 1. The highest BCUT2D eigenvalue weighted by molar-refractivity contribution is 6.00. The summed E-state index contributed by atoms with van der Waals surface area (Å²) in [5, 5.41) is 3.00. The van der Waals surface area contributed by atoms with Gasteiger partial charge >= 0.3 is 5.97 Å². The van der Waals surface area contributed by atoms with Crippen LogP contribution in [0.1, 0.15) is 63.0 Å². The molecule has 2 heterocycles. The van der Waals surface area contributed by atoms with Crippen molar-refractivity contribution in [1.29, 1.82) is 0 Å². The number of aromatic amines is 1. The molecule has 2 aromatic rings. The Kier molecular flexibility index (Phi) is 7.15. The molecule has 1 aromatic heterocycles. The van der Waals surface area contributed by atoms with E-state index in [9.17, 15) is 14.4 Å². The number of piperidine rings is 1. The first-order valence-electron chi connectivity index (χ1n) is 10.8. The molecule has 1 atom stereocenters. The second-order valence-corrected chi connectivity index (χ2v) is 8.14. The van der Waals surface area contributed by atoms with Crippen LogP contribution in [0.2, 0.25) is 0 Å². The number of amides is 2. The number of carbonyl (C=O) groups is 3. The summed E-state index contributed by atoms with van der Waals surface area (Å²) in [5.74, 6) is -0.902. The lowest BCUT2D eigenvalue weighted by atomic mass is 9.96. The van der Waals surface area contributed by atoms with Gasteiger partial charge in [-0.2, -0.15) is 0 Å². The molecule has 2 N–H and O–H groups in total. The number of hydrogen-bond donors (Lipinski definition) is 2. The van der Waals surface area contributed by atoms with Crippen molar-refractivity contribution in [3.05, 3.63) is 57.9 Å². The predicted molar refractivity (Wildman–Crippen MR) is 118 cm³/mol. The summed E-state index contributed by atoms with van der Waals surface area (Å²) in [6, 6.07) is 8.03. The number of likely N-dealkylation sites (tertiary alicyclic amines) is 1. The Morgan fingerprint density at radius 3 is 2.71 bits per heavy atom. The number of rotatable bonds is 6. The van der Waals surface area contributed by atoms with Crippen molar-refractivity contribution in [3.8, 4) is 0 Å². The van der Waals surface area contributed by atoms with Gasteiger partial charge in [0.05, 0.1) is 18.1 Å². The van der Waals surface area contributed by atoms with Gasteiger partial charge in [-0.1, -0.05) is 29.8 Å². The number of nitrogens with one attached hydrogen (secondary N) is 2. The highest BCUT2D eigenvalue weighted by atomic mass is 16.5. The number of aryl methyl sites for hydroxylation is 2. The van der Waals surface area contributed by atoms with E-state index in [2.05, 4.69) is 16.4 Å². The molecule has 1 fully saturated rings. The average Bonchev–Trinajstić information content (AvgIpc) is 3.05. The predicted octanol–water partition coefficient (Wildman–Crippen LogP) is 3.29. The molecule has 166 valence electrons. The van der Waals surface area contributed by atoms with E-state index in [0.29, 0.717) is 42.1 Å².